The van der Waals surface area contributed by atoms with Crippen LogP contribution in [-0.4, -0.2) is 16.1 Å². The number of oxazole rings is 1. The Morgan fingerprint density at radius 2 is 1.79 bits per heavy atom. The van der Waals surface area contributed by atoms with E-state index in [1.54, 1.807) is 18.2 Å². The molecule has 1 aromatic heterocycles. The maximum absolute atomic E-state index is 12.3. The quantitative estimate of drug-likeness (QED) is 0.163. The number of rotatable bonds is 4. The number of halogens is 2. The molecule has 0 fully saturated rings. The lowest BCUT2D eigenvalue weighted by molar-refractivity contribution is -0.398. The zero-order valence-electron chi connectivity index (χ0n) is 16.7. The van der Waals surface area contributed by atoms with Crippen molar-refractivity contribution in [2.75, 3.05) is 0 Å². The summed E-state index contributed by atoms with van der Waals surface area (Å²) in [6, 6.07) is 18.8. The van der Waals surface area contributed by atoms with Gasteiger partial charge in [-0.1, -0.05) is 47.5 Å². The predicted octanol–water partition coefficient (Wildman–Crippen LogP) is 6.69. The third-order valence-electron chi connectivity index (χ3n) is 5.08. The summed E-state index contributed by atoms with van der Waals surface area (Å²) < 4.78 is 5.95. The highest BCUT2D eigenvalue weighted by molar-refractivity contribution is 6.35. The molecule has 5 rings (SSSR count). The molecule has 0 aliphatic heterocycles. The Bertz CT molecular complexity index is 1590. The zero-order valence-corrected chi connectivity index (χ0v) is 18.2. The summed E-state index contributed by atoms with van der Waals surface area (Å²) in [5, 5.41) is 25.8. The Morgan fingerprint density at radius 3 is 2.61 bits per heavy atom. The molecule has 9 heteroatoms. The van der Waals surface area contributed by atoms with Crippen LogP contribution < -0.4 is 5.11 Å². The number of nitro groups is 1. The van der Waals surface area contributed by atoms with Crippen molar-refractivity contribution >= 4 is 62.7 Å². The lowest BCUT2D eigenvalue weighted by Crippen LogP contribution is -2.02. The SMILES string of the molecule is O=[N+]([O-])c1cc(Cl)cc(C=Nc2ccc3oc(-c4cccc5c(Cl)cccc45)nc3c2)c1[O-]. The predicted molar refractivity (Wildman–Crippen MR) is 127 cm³/mol. The first-order valence-electron chi connectivity index (χ1n) is 9.68. The molecular weight excluding hydrogens is 465 g/mol. The summed E-state index contributed by atoms with van der Waals surface area (Å²) in [5.74, 6) is -0.320. The summed E-state index contributed by atoms with van der Waals surface area (Å²) in [5.41, 5.74) is 1.84. The molecule has 7 nitrogen and oxygen atoms in total. The molecule has 0 atom stereocenters. The summed E-state index contributed by atoms with van der Waals surface area (Å²) >= 11 is 12.2. The van der Waals surface area contributed by atoms with E-state index in [0.717, 1.165) is 22.4 Å². The van der Waals surface area contributed by atoms with Gasteiger partial charge in [-0.25, -0.2) is 4.98 Å². The Morgan fingerprint density at radius 1 is 1.00 bits per heavy atom. The smallest absolute Gasteiger partial charge is 0.263 e. The maximum Gasteiger partial charge on any atom is 0.263 e. The molecule has 0 bridgehead atoms. The van der Waals surface area contributed by atoms with Crippen LogP contribution in [0.5, 0.6) is 5.75 Å². The van der Waals surface area contributed by atoms with Gasteiger partial charge >= 0.3 is 0 Å². The van der Waals surface area contributed by atoms with Crippen LogP contribution in [0.15, 0.2) is 76.1 Å². The topological polar surface area (TPSA) is 105 Å². The van der Waals surface area contributed by atoms with Gasteiger partial charge < -0.3 is 9.52 Å². The van der Waals surface area contributed by atoms with Crippen LogP contribution in [0, 0.1) is 10.1 Å². The van der Waals surface area contributed by atoms with E-state index in [9.17, 15) is 15.2 Å². The summed E-state index contributed by atoms with van der Waals surface area (Å²) in [7, 11) is 0. The van der Waals surface area contributed by atoms with E-state index < -0.39 is 16.4 Å². The van der Waals surface area contributed by atoms with E-state index in [4.69, 9.17) is 27.6 Å². The first kappa shape index (κ1) is 20.9. The van der Waals surface area contributed by atoms with Gasteiger partial charge in [0.25, 0.3) is 5.69 Å². The van der Waals surface area contributed by atoms with Crippen molar-refractivity contribution in [1.29, 1.82) is 0 Å². The van der Waals surface area contributed by atoms with Gasteiger partial charge in [0.15, 0.2) is 5.58 Å². The van der Waals surface area contributed by atoms with E-state index >= 15 is 0 Å². The normalized spacial score (nSPS) is 11.6. The van der Waals surface area contributed by atoms with Crippen LogP contribution in [0.3, 0.4) is 0 Å². The molecule has 0 spiro atoms. The van der Waals surface area contributed by atoms with Gasteiger partial charge in [0.2, 0.25) is 5.89 Å². The maximum atomic E-state index is 12.3. The average Bonchev–Trinajstić information content (AvgIpc) is 3.22. The van der Waals surface area contributed by atoms with Gasteiger partial charge in [0, 0.05) is 33.3 Å². The fourth-order valence-electron chi connectivity index (χ4n) is 3.54. The van der Waals surface area contributed by atoms with Crippen molar-refractivity contribution < 1.29 is 14.4 Å². The van der Waals surface area contributed by atoms with Crippen LogP contribution in [-0.2, 0) is 0 Å². The molecule has 162 valence electrons. The number of hydrogen-bond donors (Lipinski definition) is 0. The Labute approximate surface area is 196 Å². The third kappa shape index (κ3) is 3.88. The third-order valence-corrected chi connectivity index (χ3v) is 5.63. The molecule has 0 amide bonds. The van der Waals surface area contributed by atoms with Crippen LogP contribution in [0.2, 0.25) is 10.0 Å². The molecule has 0 unspecified atom stereocenters. The fourth-order valence-corrected chi connectivity index (χ4v) is 4.00. The number of benzene rings is 4. The van der Waals surface area contributed by atoms with E-state index in [0.29, 0.717) is 27.7 Å². The van der Waals surface area contributed by atoms with Gasteiger partial charge in [-0.3, -0.25) is 15.1 Å². The van der Waals surface area contributed by atoms with E-state index in [-0.39, 0.29) is 10.6 Å². The van der Waals surface area contributed by atoms with E-state index in [1.807, 2.05) is 36.4 Å². The first-order chi connectivity index (χ1) is 15.9. The molecule has 5 aromatic rings. The van der Waals surface area contributed by atoms with Crippen LogP contribution >= 0.6 is 23.2 Å². The Kier molecular flexibility index (Phi) is 5.20. The molecule has 0 saturated carbocycles. The molecule has 0 N–H and O–H groups in total. The Hall–Kier alpha value is -3.94. The summed E-state index contributed by atoms with van der Waals surface area (Å²) in [6.07, 6.45) is 1.25. The van der Waals surface area contributed by atoms with Gasteiger partial charge in [0.05, 0.1) is 10.6 Å². The minimum absolute atomic E-state index is 0.0165. The van der Waals surface area contributed by atoms with Gasteiger partial charge in [-0.2, -0.15) is 0 Å². The molecule has 0 aliphatic carbocycles. The second-order valence-corrected chi connectivity index (χ2v) is 8.01. The molecule has 0 aliphatic rings. The van der Waals surface area contributed by atoms with Crippen molar-refractivity contribution in [3.63, 3.8) is 0 Å². The van der Waals surface area contributed by atoms with Gasteiger partial charge in [0.1, 0.15) is 5.52 Å². The van der Waals surface area contributed by atoms with Crippen molar-refractivity contribution in [2.45, 2.75) is 0 Å². The Balaban J connectivity index is 1.53. The number of nitro benzene ring substituents is 1. The first-order valence-corrected chi connectivity index (χ1v) is 10.4. The average molecular weight is 477 g/mol. The van der Waals surface area contributed by atoms with Crippen LogP contribution in [0.1, 0.15) is 5.56 Å². The second kappa shape index (κ2) is 8.20. The molecule has 1 heterocycles. The largest absolute Gasteiger partial charge is 0.867 e. The van der Waals surface area contributed by atoms with Gasteiger partial charge in [-0.05, 0) is 53.1 Å². The minimum Gasteiger partial charge on any atom is -0.867 e. The summed E-state index contributed by atoms with van der Waals surface area (Å²) in [6.45, 7) is 0. The van der Waals surface area contributed by atoms with Crippen LogP contribution in [0.4, 0.5) is 11.4 Å². The molecule has 0 saturated heterocycles. The second-order valence-electron chi connectivity index (χ2n) is 7.17. The highest BCUT2D eigenvalue weighted by atomic mass is 35.5. The number of aliphatic imine (C=N–C) groups is 1. The molecule has 33 heavy (non-hydrogen) atoms. The molecular formula is C24H12Cl2N3O4-. The monoisotopic (exact) mass is 476 g/mol. The van der Waals surface area contributed by atoms with E-state index in [2.05, 4.69) is 9.98 Å². The van der Waals surface area contributed by atoms with Crippen molar-refractivity contribution in [1.82, 2.24) is 4.98 Å². The lowest BCUT2D eigenvalue weighted by atomic mass is 10.0. The number of nitrogens with zero attached hydrogens (tertiary/aromatic N) is 3. The molecule has 0 radical (unpaired) electrons. The number of fused-ring (bicyclic) bond motifs is 2. The lowest BCUT2D eigenvalue weighted by Gasteiger charge is -2.10. The summed E-state index contributed by atoms with van der Waals surface area (Å²) in [4.78, 5) is 19.1. The standard InChI is InChI=1S/C24H13Cl2N3O4/c25-14-9-13(23(30)21(10-14)29(31)32)12-27-15-7-8-22-20(11-15)28-24(33-22)18-5-1-4-17-16(18)3-2-6-19(17)26/h1-12,30H/p-1. The highest BCUT2D eigenvalue weighted by Crippen LogP contribution is 2.34. The number of aromatic nitrogens is 1. The number of hydrogen-bond acceptors (Lipinski definition) is 6. The van der Waals surface area contributed by atoms with Crippen molar-refractivity contribution in [3.8, 4) is 17.2 Å². The van der Waals surface area contributed by atoms with Gasteiger partial charge in [-0.15, -0.1) is 0 Å². The van der Waals surface area contributed by atoms with E-state index in [1.165, 1.54) is 12.3 Å². The van der Waals surface area contributed by atoms with Crippen molar-refractivity contribution in [2.24, 2.45) is 4.99 Å². The minimum atomic E-state index is -0.769. The fraction of sp³-hybridized carbons (Fsp3) is 0. The molecule has 4 aromatic carbocycles. The van der Waals surface area contributed by atoms with Crippen LogP contribution in [0.25, 0.3) is 33.3 Å². The van der Waals surface area contributed by atoms with Crippen molar-refractivity contribution in [3.05, 3.63) is 92.5 Å². The zero-order chi connectivity index (χ0) is 23.1. The highest BCUT2D eigenvalue weighted by Gasteiger charge is 2.14.